The maximum atomic E-state index is 11.9. The lowest BCUT2D eigenvalue weighted by Crippen LogP contribution is -2.16. The van der Waals surface area contributed by atoms with Crippen LogP contribution in [0.25, 0.3) is 0 Å². The summed E-state index contributed by atoms with van der Waals surface area (Å²) in [7, 11) is 0. The van der Waals surface area contributed by atoms with E-state index in [1.165, 1.54) is 5.56 Å². The van der Waals surface area contributed by atoms with Gasteiger partial charge in [-0.05, 0) is 48.7 Å². The van der Waals surface area contributed by atoms with Crippen LogP contribution in [0.1, 0.15) is 24.5 Å². The smallest absolute Gasteiger partial charge is 0.226 e. The molecule has 3 nitrogen and oxygen atoms in total. The van der Waals surface area contributed by atoms with Crippen molar-refractivity contribution in [2.75, 3.05) is 17.2 Å². The van der Waals surface area contributed by atoms with Crippen molar-refractivity contribution >= 4 is 28.9 Å². The summed E-state index contributed by atoms with van der Waals surface area (Å²) in [5.41, 5.74) is 4.17. The van der Waals surface area contributed by atoms with Crippen molar-refractivity contribution in [3.8, 4) is 0 Å². The van der Waals surface area contributed by atoms with E-state index in [0.29, 0.717) is 18.0 Å². The Kier molecular flexibility index (Phi) is 5.84. The van der Waals surface area contributed by atoms with E-state index in [-0.39, 0.29) is 5.91 Å². The van der Waals surface area contributed by atoms with Gasteiger partial charge in [0.15, 0.2) is 0 Å². The highest BCUT2D eigenvalue weighted by atomic mass is 35.5. The first-order valence-electron chi connectivity index (χ1n) is 7.47. The molecule has 1 amide bonds. The van der Waals surface area contributed by atoms with Crippen LogP contribution in [-0.4, -0.2) is 12.5 Å². The van der Waals surface area contributed by atoms with Gasteiger partial charge in [-0.15, -0.1) is 0 Å². The number of aryl methyl sites for hydroxylation is 2. The van der Waals surface area contributed by atoms with E-state index in [1.807, 2.05) is 49.4 Å². The summed E-state index contributed by atoms with van der Waals surface area (Å²) in [4.78, 5) is 11.9. The number of halogens is 1. The van der Waals surface area contributed by atoms with Crippen LogP contribution in [-0.2, 0) is 11.2 Å². The molecule has 0 aliphatic carbocycles. The summed E-state index contributed by atoms with van der Waals surface area (Å²) in [5, 5.41) is 6.83. The van der Waals surface area contributed by atoms with E-state index in [9.17, 15) is 4.79 Å². The summed E-state index contributed by atoms with van der Waals surface area (Å²) in [6.45, 7) is 4.69. The first-order valence-corrected chi connectivity index (χ1v) is 7.85. The van der Waals surface area contributed by atoms with E-state index in [4.69, 9.17) is 11.6 Å². The molecule has 22 heavy (non-hydrogen) atoms. The number of benzene rings is 2. The molecule has 0 aliphatic rings. The fourth-order valence-electron chi connectivity index (χ4n) is 2.14. The normalized spacial score (nSPS) is 10.3. The molecule has 0 spiro atoms. The minimum Gasteiger partial charge on any atom is -0.384 e. The topological polar surface area (TPSA) is 41.1 Å². The van der Waals surface area contributed by atoms with Crippen LogP contribution in [0.3, 0.4) is 0 Å². The van der Waals surface area contributed by atoms with E-state index in [1.54, 1.807) is 0 Å². The highest BCUT2D eigenvalue weighted by Gasteiger charge is 2.04. The largest absolute Gasteiger partial charge is 0.384 e. The highest BCUT2D eigenvalue weighted by molar-refractivity contribution is 6.30. The fourth-order valence-corrected chi connectivity index (χ4v) is 2.31. The molecule has 0 bridgehead atoms. The van der Waals surface area contributed by atoms with Crippen LogP contribution in [0.5, 0.6) is 0 Å². The summed E-state index contributed by atoms with van der Waals surface area (Å²) in [6, 6.07) is 13.6. The molecule has 0 fully saturated rings. The first kappa shape index (κ1) is 16.4. The Bertz CT molecular complexity index is 638. The average Bonchev–Trinajstić information content (AvgIpc) is 2.51. The second-order valence-corrected chi connectivity index (χ2v) is 5.67. The van der Waals surface area contributed by atoms with Crippen molar-refractivity contribution in [2.45, 2.75) is 26.7 Å². The number of carbonyl (C=O) groups excluding carboxylic acids is 1. The Morgan fingerprint density at radius 1 is 1.14 bits per heavy atom. The molecule has 0 aromatic heterocycles. The molecule has 0 heterocycles. The predicted molar refractivity (Wildman–Crippen MR) is 93.7 cm³/mol. The Morgan fingerprint density at radius 3 is 2.55 bits per heavy atom. The second-order valence-electron chi connectivity index (χ2n) is 5.23. The van der Waals surface area contributed by atoms with Gasteiger partial charge in [0.05, 0.1) is 0 Å². The van der Waals surface area contributed by atoms with Crippen LogP contribution in [0.15, 0.2) is 42.5 Å². The highest BCUT2D eigenvalue weighted by Crippen LogP contribution is 2.20. The molecule has 2 aromatic rings. The van der Waals surface area contributed by atoms with Crippen LogP contribution >= 0.6 is 11.6 Å². The van der Waals surface area contributed by atoms with Gasteiger partial charge in [0.2, 0.25) is 5.91 Å². The lowest BCUT2D eigenvalue weighted by Gasteiger charge is -2.10. The van der Waals surface area contributed by atoms with Gasteiger partial charge < -0.3 is 10.6 Å². The molecule has 2 rings (SSSR count). The van der Waals surface area contributed by atoms with Crippen LogP contribution < -0.4 is 10.6 Å². The Balaban J connectivity index is 1.81. The van der Waals surface area contributed by atoms with E-state index < -0.39 is 0 Å². The van der Waals surface area contributed by atoms with Gasteiger partial charge in [0, 0.05) is 29.4 Å². The van der Waals surface area contributed by atoms with Gasteiger partial charge in [0.1, 0.15) is 0 Å². The van der Waals surface area contributed by atoms with Crippen molar-refractivity contribution < 1.29 is 4.79 Å². The molecule has 0 saturated heterocycles. The van der Waals surface area contributed by atoms with E-state index in [0.717, 1.165) is 23.4 Å². The zero-order valence-corrected chi connectivity index (χ0v) is 13.7. The molecule has 2 N–H and O–H groups in total. The maximum absolute atomic E-state index is 11.9. The SMILES string of the molecule is CCc1ccc(NC(=O)CCNc2cc(Cl)ccc2C)cc1. The average molecular weight is 317 g/mol. The number of carbonyl (C=O) groups is 1. The molecule has 0 saturated carbocycles. The summed E-state index contributed by atoms with van der Waals surface area (Å²) in [5.74, 6) is -0.00331. The van der Waals surface area contributed by atoms with Crippen molar-refractivity contribution in [1.82, 2.24) is 0 Å². The van der Waals surface area contributed by atoms with E-state index >= 15 is 0 Å². The molecular formula is C18H21ClN2O. The van der Waals surface area contributed by atoms with Crippen molar-refractivity contribution in [1.29, 1.82) is 0 Å². The minimum absolute atomic E-state index is 0.00331. The lowest BCUT2D eigenvalue weighted by molar-refractivity contribution is -0.115. The summed E-state index contributed by atoms with van der Waals surface area (Å²) < 4.78 is 0. The number of amides is 1. The first-order chi connectivity index (χ1) is 10.6. The van der Waals surface area contributed by atoms with Gasteiger partial charge in [-0.25, -0.2) is 0 Å². The third-order valence-electron chi connectivity index (χ3n) is 3.51. The van der Waals surface area contributed by atoms with Gasteiger partial charge in [-0.1, -0.05) is 36.7 Å². The fraction of sp³-hybridized carbons (Fsp3) is 0.278. The number of nitrogens with one attached hydrogen (secondary N) is 2. The maximum Gasteiger partial charge on any atom is 0.226 e. The van der Waals surface area contributed by atoms with E-state index in [2.05, 4.69) is 17.6 Å². The van der Waals surface area contributed by atoms with Crippen molar-refractivity contribution in [3.05, 3.63) is 58.6 Å². The summed E-state index contributed by atoms with van der Waals surface area (Å²) >= 11 is 5.97. The third-order valence-corrected chi connectivity index (χ3v) is 3.75. The Labute approximate surface area is 136 Å². The molecule has 0 atom stereocenters. The molecule has 0 unspecified atom stereocenters. The number of rotatable bonds is 6. The predicted octanol–water partition coefficient (Wildman–Crippen LogP) is 4.65. The standard InChI is InChI=1S/C18H21ClN2O/c1-3-14-5-8-16(9-6-14)21-18(22)10-11-20-17-12-15(19)7-4-13(17)2/h4-9,12,20H,3,10-11H2,1-2H3,(H,21,22). The van der Waals surface area contributed by atoms with Crippen LogP contribution in [0, 0.1) is 6.92 Å². The Morgan fingerprint density at radius 2 is 1.86 bits per heavy atom. The number of hydrogen-bond donors (Lipinski definition) is 2. The van der Waals surface area contributed by atoms with Gasteiger partial charge in [0.25, 0.3) is 0 Å². The minimum atomic E-state index is -0.00331. The monoisotopic (exact) mass is 316 g/mol. The van der Waals surface area contributed by atoms with Crippen LogP contribution in [0.2, 0.25) is 5.02 Å². The number of hydrogen-bond acceptors (Lipinski definition) is 2. The van der Waals surface area contributed by atoms with Gasteiger partial charge in [-0.2, -0.15) is 0 Å². The molecule has 4 heteroatoms. The second kappa shape index (κ2) is 7.85. The molecule has 0 radical (unpaired) electrons. The van der Waals surface area contributed by atoms with Crippen molar-refractivity contribution in [2.24, 2.45) is 0 Å². The van der Waals surface area contributed by atoms with Gasteiger partial charge >= 0.3 is 0 Å². The van der Waals surface area contributed by atoms with Gasteiger partial charge in [-0.3, -0.25) is 4.79 Å². The third kappa shape index (κ3) is 4.78. The Hall–Kier alpha value is -2.00. The molecule has 0 aliphatic heterocycles. The molecule has 2 aromatic carbocycles. The molecular weight excluding hydrogens is 296 g/mol. The lowest BCUT2D eigenvalue weighted by atomic mass is 10.1. The quantitative estimate of drug-likeness (QED) is 0.814. The van der Waals surface area contributed by atoms with Crippen LogP contribution in [0.4, 0.5) is 11.4 Å². The summed E-state index contributed by atoms with van der Waals surface area (Å²) in [6.07, 6.45) is 1.40. The van der Waals surface area contributed by atoms with Crippen molar-refractivity contribution in [3.63, 3.8) is 0 Å². The molecule has 116 valence electrons. The zero-order chi connectivity index (χ0) is 15.9. The number of anilines is 2. The zero-order valence-electron chi connectivity index (χ0n) is 12.9.